The highest BCUT2D eigenvalue weighted by Gasteiger charge is 2.68. The first kappa shape index (κ1) is 12.5. The molecule has 1 saturated carbocycles. The van der Waals surface area contributed by atoms with Crippen LogP contribution in [0.2, 0.25) is 0 Å². The average molecular weight is 251 g/mol. The third-order valence-corrected chi connectivity index (χ3v) is 3.22. The molecule has 1 aliphatic heterocycles. The van der Waals surface area contributed by atoms with Crippen molar-refractivity contribution in [3.63, 3.8) is 0 Å². The van der Waals surface area contributed by atoms with Crippen molar-refractivity contribution in [1.82, 2.24) is 4.90 Å². The fourth-order valence-corrected chi connectivity index (χ4v) is 2.49. The van der Waals surface area contributed by atoms with Gasteiger partial charge < -0.3 is 9.64 Å². The van der Waals surface area contributed by atoms with Gasteiger partial charge in [-0.25, -0.2) is 4.79 Å². The SMILES string of the molecule is CC(C)(C)OC(=O)N1C[C@@H]2C(C(F)(F)F)[C@@H]2C1. The number of hydrogen-bond acceptors (Lipinski definition) is 2. The number of hydrogen-bond donors (Lipinski definition) is 0. The highest BCUT2D eigenvalue weighted by Crippen LogP contribution is 2.59. The summed E-state index contributed by atoms with van der Waals surface area (Å²) in [5.41, 5.74) is -0.604. The average Bonchev–Trinajstić information content (AvgIpc) is 2.61. The first-order valence-electron chi connectivity index (χ1n) is 5.64. The van der Waals surface area contributed by atoms with Crippen LogP contribution in [-0.2, 0) is 4.74 Å². The molecular weight excluding hydrogens is 235 g/mol. The number of carbonyl (C=O) groups excluding carboxylic acids is 1. The summed E-state index contributed by atoms with van der Waals surface area (Å²) in [6.07, 6.45) is -4.62. The molecule has 2 fully saturated rings. The molecule has 3 nitrogen and oxygen atoms in total. The minimum Gasteiger partial charge on any atom is -0.444 e. The zero-order valence-electron chi connectivity index (χ0n) is 10.0. The molecule has 1 saturated heterocycles. The van der Waals surface area contributed by atoms with Crippen LogP contribution >= 0.6 is 0 Å². The summed E-state index contributed by atoms with van der Waals surface area (Å²) >= 11 is 0. The quantitative estimate of drug-likeness (QED) is 0.662. The lowest BCUT2D eigenvalue weighted by atomic mass is 10.2. The maximum atomic E-state index is 12.4. The molecular formula is C11H16F3NO2. The molecule has 0 radical (unpaired) electrons. The molecule has 0 aromatic heterocycles. The minimum atomic E-state index is -4.12. The molecule has 17 heavy (non-hydrogen) atoms. The van der Waals surface area contributed by atoms with Gasteiger partial charge in [0, 0.05) is 13.1 Å². The maximum Gasteiger partial charge on any atom is 0.410 e. The number of piperidine rings is 1. The summed E-state index contributed by atoms with van der Waals surface area (Å²) in [6, 6.07) is 0. The highest BCUT2D eigenvalue weighted by atomic mass is 19.4. The molecule has 2 rings (SSSR count). The number of likely N-dealkylation sites (tertiary alicyclic amines) is 1. The first-order chi connectivity index (χ1) is 7.59. The molecule has 98 valence electrons. The van der Waals surface area contributed by atoms with E-state index in [0.717, 1.165) is 0 Å². The Hall–Kier alpha value is -0.940. The standard InChI is InChI=1S/C11H16F3NO2/c1-10(2,3)17-9(16)15-4-6-7(5-15)8(6)11(12,13)14/h6-8H,4-5H2,1-3H3/t6-,7+,8?. The molecule has 0 spiro atoms. The van der Waals surface area contributed by atoms with Crippen molar-refractivity contribution < 1.29 is 22.7 Å². The molecule has 6 heteroatoms. The normalized spacial score (nSPS) is 32.4. The third kappa shape index (κ3) is 2.50. The van der Waals surface area contributed by atoms with E-state index in [9.17, 15) is 18.0 Å². The Kier molecular flexibility index (Phi) is 2.60. The molecule has 0 aromatic carbocycles. The van der Waals surface area contributed by atoms with E-state index in [2.05, 4.69) is 0 Å². The van der Waals surface area contributed by atoms with Crippen molar-refractivity contribution in [2.75, 3.05) is 13.1 Å². The Labute approximate surface area is 97.9 Å². The Balaban J connectivity index is 1.86. The fraction of sp³-hybridized carbons (Fsp3) is 0.909. The van der Waals surface area contributed by atoms with Crippen LogP contribution in [0.1, 0.15) is 20.8 Å². The highest BCUT2D eigenvalue weighted by molar-refractivity contribution is 5.69. The second kappa shape index (κ2) is 3.53. The number of halogens is 3. The maximum absolute atomic E-state index is 12.4. The Morgan fingerprint density at radius 2 is 1.65 bits per heavy atom. The predicted molar refractivity (Wildman–Crippen MR) is 54.3 cm³/mol. The van der Waals surface area contributed by atoms with Gasteiger partial charge >= 0.3 is 12.3 Å². The molecule has 2 aliphatic rings. The second-order valence-corrected chi connectivity index (χ2v) is 5.78. The van der Waals surface area contributed by atoms with Gasteiger partial charge in [0.05, 0.1) is 5.92 Å². The molecule has 0 bridgehead atoms. The smallest absolute Gasteiger partial charge is 0.410 e. The third-order valence-electron chi connectivity index (χ3n) is 3.22. The van der Waals surface area contributed by atoms with Crippen LogP contribution in [0.15, 0.2) is 0 Å². The van der Waals surface area contributed by atoms with Crippen LogP contribution in [-0.4, -0.2) is 35.9 Å². The lowest BCUT2D eigenvalue weighted by molar-refractivity contribution is -0.156. The summed E-state index contributed by atoms with van der Waals surface area (Å²) in [6.45, 7) is 5.55. The molecule has 0 aromatic rings. The van der Waals surface area contributed by atoms with Crippen molar-refractivity contribution in [2.24, 2.45) is 17.8 Å². The lowest BCUT2D eigenvalue weighted by Crippen LogP contribution is -2.38. The number of amides is 1. The van der Waals surface area contributed by atoms with Gasteiger partial charge in [-0.3, -0.25) is 0 Å². The van der Waals surface area contributed by atoms with E-state index >= 15 is 0 Å². The molecule has 1 aliphatic carbocycles. The van der Waals surface area contributed by atoms with Crippen LogP contribution in [0.3, 0.4) is 0 Å². The summed E-state index contributed by atoms with van der Waals surface area (Å²) in [5, 5.41) is 0. The minimum absolute atomic E-state index is 0.170. The Bertz CT molecular complexity index is 323. The summed E-state index contributed by atoms with van der Waals surface area (Å²) in [4.78, 5) is 13.0. The van der Waals surface area contributed by atoms with Crippen molar-refractivity contribution in [3.05, 3.63) is 0 Å². The largest absolute Gasteiger partial charge is 0.444 e. The van der Waals surface area contributed by atoms with Crippen LogP contribution in [0, 0.1) is 17.8 Å². The molecule has 1 unspecified atom stereocenters. The predicted octanol–water partition coefficient (Wildman–Crippen LogP) is 2.66. The number of alkyl halides is 3. The number of carbonyl (C=O) groups is 1. The summed E-state index contributed by atoms with van der Waals surface area (Å²) in [5.74, 6) is -2.04. The van der Waals surface area contributed by atoms with E-state index < -0.39 is 35.6 Å². The lowest BCUT2D eigenvalue weighted by Gasteiger charge is -2.26. The van der Waals surface area contributed by atoms with Crippen molar-refractivity contribution in [2.45, 2.75) is 32.5 Å². The van der Waals surface area contributed by atoms with Crippen LogP contribution in [0.4, 0.5) is 18.0 Å². The van der Waals surface area contributed by atoms with Gasteiger partial charge in [0.2, 0.25) is 0 Å². The van der Waals surface area contributed by atoms with E-state index in [0.29, 0.717) is 0 Å². The summed E-state index contributed by atoms with van der Waals surface area (Å²) in [7, 11) is 0. The summed E-state index contributed by atoms with van der Waals surface area (Å²) < 4.78 is 42.4. The van der Waals surface area contributed by atoms with E-state index in [1.807, 2.05) is 0 Å². The van der Waals surface area contributed by atoms with Crippen molar-refractivity contribution in [1.29, 1.82) is 0 Å². The molecule has 1 amide bonds. The molecule has 0 N–H and O–H groups in total. The number of ether oxygens (including phenoxy) is 1. The zero-order chi connectivity index (χ0) is 13.0. The van der Waals surface area contributed by atoms with Crippen molar-refractivity contribution >= 4 is 6.09 Å². The van der Waals surface area contributed by atoms with Gasteiger partial charge in [-0.15, -0.1) is 0 Å². The monoisotopic (exact) mass is 251 g/mol. The van der Waals surface area contributed by atoms with Gasteiger partial charge in [-0.2, -0.15) is 13.2 Å². The van der Waals surface area contributed by atoms with Crippen LogP contribution < -0.4 is 0 Å². The number of fused-ring (bicyclic) bond motifs is 1. The van der Waals surface area contributed by atoms with Gasteiger partial charge in [0.1, 0.15) is 5.60 Å². The van der Waals surface area contributed by atoms with Gasteiger partial charge in [-0.1, -0.05) is 0 Å². The number of rotatable bonds is 0. The van der Waals surface area contributed by atoms with Crippen molar-refractivity contribution in [3.8, 4) is 0 Å². The molecule has 1 heterocycles. The van der Waals surface area contributed by atoms with E-state index in [4.69, 9.17) is 4.74 Å². The van der Waals surface area contributed by atoms with Gasteiger partial charge in [-0.05, 0) is 32.6 Å². The Morgan fingerprint density at radius 1 is 1.18 bits per heavy atom. The fourth-order valence-electron chi connectivity index (χ4n) is 2.49. The van der Waals surface area contributed by atoms with E-state index in [1.54, 1.807) is 20.8 Å². The zero-order valence-corrected chi connectivity index (χ0v) is 10.0. The Morgan fingerprint density at radius 3 is 2.00 bits per heavy atom. The van der Waals surface area contributed by atoms with E-state index in [1.165, 1.54) is 4.90 Å². The van der Waals surface area contributed by atoms with Crippen LogP contribution in [0.25, 0.3) is 0 Å². The van der Waals surface area contributed by atoms with Crippen LogP contribution in [0.5, 0.6) is 0 Å². The van der Waals surface area contributed by atoms with Gasteiger partial charge in [0.25, 0.3) is 0 Å². The second-order valence-electron chi connectivity index (χ2n) is 5.78. The molecule has 3 atom stereocenters. The van der Waals surface area contributed by atoms with Gasteiger partial charge in [0.15, 0.2) is 0 Å². The topological polar surface area (TPSA) is 29.5 Å². The number of nitrogens with zero attached hydrogens (tertiary/aromatic N) is 1. The first-order valence-corrected chi connectivity index (χ1v) is 5.64. The van der Waals surface area contributed by atoms with E-state index in [-0.39, 0.29) is 13.1 Å².